The molecule has 0 fully saturated rings. The Morgan fingerprint density at radius 3 is 1.71 bits per heavy atom. The molecule has 0 unspecified atom stereocenters. The molecule has 0 aliphatic heterocycles. The highest BCUT2D eigenvalue weighted by Crippen LogP contribution is 2.36. The maximum Gasteiger partial charge on any atom is 0.408 e. The number of hydrogen-bond acceptors (Lipinski definition) is 6. The van der Waals surface area contributed by atoms with Crippen molar-refractivity contribution in [2.45, 2.75) is 72.1 Å². The van der Waals surface area contributed by atoms with Gasteiger partial charge in [-0.2, -0.15) is 0 Å². The highest BCUT2D eigenvalue weighted by atomic mass is 16.6. The van der Waals surface area contributed by atoms with Gasteiger partial charge in [0, 0.05) is 5.92 Å². The van der Waals surface area contributed by atoms with Gasteiger partial charge in [-0.25, -0.2) is 9.59 Å². The predicted octanol–water partition coefficient (Wildman–Crippen LogP) is 5.30. The number of amides is 1. The Bertz CT molecular complexity index is 957. The van der Waals surface area contributed by atoms with E-state index in [1.807, 2.05) is 57.2 Å². The fraction of sp³-hybridized carbons (Fsp3) is 0.481. The lowest BCUT2D eigenvalue weighted by molar-refractivity contribution is -0.150. The number of alkyl carbamates (subject to hydrolysis) is 1. The first-order chi connectivity index (χ1) is 15.9. The van der Waals surface area contributed by atoms with Gasteiger partial charge in [0.05, 0.1) is 14.2 Å². The van der Waals surface area contributed by atoms with E-state index in [0.717, 1.165) is 33.8 Å². The minimum Gasteiger partial charge on any atom is -0.497 e. The van der Waals surface area contributed by atoms with Crippen molar-refractivity contribution in [2.24, 2.45) is 0 Å². The van der Waals surface area contributed by atoms with Crippen molar-refractivity contribution in [2.75, 3.05) is 14.2 Å². The maximum absolute atomic E-state index is 12.9. The molecule has 0 saturated heterocycles. The summed E-state index contributed by atoms with van der Waals surface area (Å²) < 4.78 is 21.8. The van der Waals surface area contributed by atoms with Crippen LogP contribution in [0.4, 0.5) is 4.79 Å². The van der Waals surface area contributed by atoms with Crippen LogP contribution in [0.3, 0.4) is 0 Å². The predicted molar refractivity (Wildman–Crippen MR) is 132 cm³/mol. The van der Waals surface area contributed by atoms with E-state index >= 15 is 0 Å². The van der Waals surface area contributed by atoms with Gasteiger partial charge in [0.25, 0.3) is 0 Å². The summed E-state index contributed by atoms with van der Waals surface area (Å²) in [6, 6.07) is 10.8. The number of carbonyl (C=O) groups excluding carboxylic acids is 2. The van der Waals surface area contributed by atoms with E-state index in [2.05, 4.69) is 5.32 Å². The average Bonchev–Trinajstić information content (AvgIpc) is 2.74. The van der Waals surface area contributed by atoms with E-state index in [-0.39, 0.29) is 5.92 Å². The third-order valence-corrected chi connectivity index (χ3v) is 5.48. The minimum absolute atomic E-state index is 0.241. The van der Waals surface area contributed by atoms with Crippen molar-refractivity contribution in [1.82, 2.24) is 5.32 Å². The summed E-state index contributed by atoms with van der Waals surface area (Å²) in [6.07, 6.45) is -1.19. The normalized spacial score (nSPS) is 13.1. The molecule has 0 aliphatic rings. The molecule has 0 heterocycles. The minimum atomic E-state index is -0.869. The molecule has 2 aromatic carbocycles. The molecule has 0 bridgehead atoms. The van der Waals surface area contributed by atoms with Crippen LogP contribution in [-0.4, -0.2) is 44.0 Å². The van der Waals surface area contributed by atoms with Crippen LogP contribution in [0.1, 0.15) is 62.8 Å². The molecule has 186 valence electrons. The lowest BCUT2D eigenvalue weighted by Crippen LogP contribution is -2.43. The third-order valence-electron chi connectivity index (χ3n) is 5.48. The van der Waals surface area contributed by atoms with Gasteiger partial charge in [-0.1, -0.05) is 12.1 Å². The van der Waals surface area contributed by atoms with E-state index in [1.165, 1.54) is 0 Å². The molecular weight excluding hydrogens is 434 g/mol. The van der Waals surface area contributed by atoms with Crippen molar-refractivity contribution in [3.63, 3.8) is 0 Å². The van der Waals surface area contributed by atoms with Gasteiger partial charge in [0.2, 0.25) is 0 Å². The number of carbonyl (C=O) groups is 2. The second-order valence-corrected chi connectivity index (χ2v) is 9.43. The van der Waals surface area contributed by atoms with Gasteiger partial charge in [0.1, 0.15) is 29.2 Å². The van der Waals surface area contributed by atoms with Crippen LogP contribution in [0.2, 0.25) is 0 Å². The fourth-order valence-corrected chi connectivity index (χ4v) is 3.82. The molecule has 34 heavy (non-hydrogen) atoms. The van der Waals surface area contributed by atoms with E-state index in [9.17, 15) is 9.59 Å². The first-order valence-corrected chi connectivity index (χ1v) is 11.3. The second-order valence-electron chi connectivity index (χ2n) is 9.43. The quantitative estimate of drug-likeness (QED) is 0.526. The molecule has 7 nitrogen and oxygen atoms in total. The van der Waals surface area contributed by atoms with Gasteiger partial charge in [0.15, 0.2) is 0 Å². The Morgan fingerprint density at radius 1 is 0.853 bits per heavy atom. The number of rotatable bonds is 8. The van der Waals surface area contributed by atoms with Crippen molar-refractivity contribution in [3.8, 4) is 11.5 Å². The zero-order valence-electron chi connectivity index (χ0n) is 21.6. The highest BCUT2D eigenvalue weighted by Gasteiger charge is 2.30. The van der Waals surface area contributed by atoms with Gasteiger partial charge in [-0.15, -0.1) is 0 Å². The van der Waals surface area contributed by atoms with Gasteiger partial charge >= 0.3 is 12.1 Å². The number of nitrogens with one attached hydrogen (secondary N) is 1. The van der Waals surface area contributed by atoms with Gasteiger partial charge in [-0.05, 0) is 95.0 Å². The molecule has 7 heteroatoms. The summed E-state index contributed by atoms with van der Waals surface area (Å²) in [5.41, 5.74) is 3.40. The topological polar surface area (TPSA) is 83.1 Å². The molecule has 1 N–H and O–H groups in total. The number of methoxy groups -OCH3 is 2. The van der Waals surface area contributed by atoms with Gasteiger partial charge < -0.3 is 24.3 Å². The van der Waals surface area contributed by atoms with Crippen molar-refractivity contribution >= 4 is 12.1 Å². The van der Waals surface area contributed by atoms with Crippen molar-refractivity contribution in [3.05, 3.63) is 58.7 Å². The van der Waals surface area contributed by atoms with E-state index in [4.69, 9.17) is 18.9 Å². The Morgan fingerprint density at radius 2 is 1.32 bits per heavy atom. The summed E-state index contributed by atoms with van der Waals surface area (Å²) in [4.78, 5) is 24.9. The fourth-order valence-electron chi connectivity index (χ4n) is 3.82. The summed E-state index contributed by atoms with van der Waals surface area (Å²) in [5, 5.41) is 2.54. The largest absolute Gasteiger partial charge is 0.497 e. The third kappa shape index (κ3) is 7.14. The molecule has 0 saturated carbocycles. The number of benzene rings is 2. The molecule has 0 aromatic heterocycles. The molecule has 2 rings (SSSR count). The SMILES string of the molecule is COc1ccc(C(c2ccc(OC)cc2C)[C@H](C)OC(=O)[C@H](C)NC(=O)OC(C)(C)C)c(C)c1. The number of ether oxygens (including phenoxy) is 4. The van der Waals surface area contributed by atoms with E-state index in [0.29, 0.717) is 0 Å². The van der Waals surface area contributed by atoms with Crippen LogP contribution in [0, 0.1) is 13.8 Å². The maximum atomic E-state index is 12.9. The van der Waals surface area contributed by atoms with Crippen LogP contribution in [0.15, 0.2) is 36.4 Å². The Hall–Kier alpha value is -3.22. The molecule has 0 spiro atoms. The Kier molecular flexibility index (Phi) is 8.96. The average molecular weight is 472 g/mol. The van der Waals surface area contributed by atoms with Gasteiger partial charge in [-0.3, -0.25) is 0 Å². The summed E-state index contributed by atoms with van der Waals surface area (Å²) in [6.45, 7) is 12.7. The zero-order valence-corrected chi connectivity index (χ0v) is 21.6. The zero-order chi connectivity index (χ0) is 25.6. The highest BCUT2D eigenvalue weighted by molar-refractivity contribution is 5.81. The lowest BCUT2D eigenvalue weighted by atomic mass is 9.82. The van der Waals surface area contributed by atoms with E-state index < -0.39 is 29.8 Å². The molecular formula is C27H37NO6. The first kappa shape index (κ1) is 27.0. The summed E-state index contributed by atoms with van der Waals surface area (Å²) >= 11 is 0. The second kappa shape index (κ2) is 11.3. The monoisotopic (exact) mass is 471 g/mol. The van der Waals surface area contributed by atoms with Crippen molar-refractivity contribution < 1.29 is 28.5 Å². The summed E-state index contributed by atoms with van der Waals surface area (Å²) in [5.74, 6) is 0.729. The molecule has 0 aliphatic carbocycles. The van der Waals surface area contributed by atoms with Crippen LogP contribution >= 0.6 is 0 Å². The molecule has 1 amide bonds. The lowest BCUT2D eigenvalue weighted by Gasteiger charge is -2.29. The van der Waals surface area contributed by atoms with E-state index in [1.54, 1.807) is 41.9 Å². The van der Waals surface area contributed by atoms with Crippen LogP contribution < -0.4 is 14.8 Å². The number of hydrogen-bond donors (Lipinski definition) is 1. The van der Waals surface area contributed by atoms with Crippen LogP contribution in [-0.2, 0) is 14.3 Å². The molecule has 2 atom stereocenters. The number of aryl methyl sites for hydroxylation is 2. The first-order valence-electron chi connectivity index (χ1n) is 11.3. The molecule has 2 aromatic rings. The van der Waals surface area contributed by atoms with Crippen LogP contribution in [0.5, 0.6) is 11.5 Å². The Labute approximate surface area is 202 Å². The standard InChI is InChI=1S/C27H37NO6/c1-16-14-20(31-8)10-12-22(16)24(23-13-11-21(32-9)15-17(23)2)19(4)33-25(29)18(3)28-26(30)34-27(5,6)7/h10-15,18-19,24H,1-9H3,(H,28,30)/t18-,19-/m0/s1. The van der Waals surface area contributed by atoms with Crippen molar-refractivity contribution in [1.29, 1.82) is 0 Å². The number of esters is 1. The van der Waals surface area contributed by atoms with Crippen LogP contribution in [0.25, 0.3) is 0 Å². The molecule has 0 radical (unpaired) electrons. The smallest absolute Gasteiger partial charge is 0.408 e. The summed E-state index contributed by atoms with van der Waals surface area (Å²) in [7, 11) is 3.26. The Balaban J connectivity index is 2.34.